The molecule has 0 aliphatic carbocycles. The topological polar surface area (TPSA) is 33.2 Å². The standard InChI is InChI=1S/C14H11ClF2N2O/c1-19(8-10-2-3-11(16)7-12(10)17)14(20)9-4-5-18-13(15)6-9/h2-7H,8H2,1H3. The van der Waals surface area contributed by atoms with Crippen LogP contribution in [0.4, 0.5) is 8.78 Å². The molecule has 104 valence electrons. The Morgan fingerprint density at radius 1 is 1.30 bits per heavy atom. The third-order valence-corrected chi connectivity index (χ3v) is 2.95. The Morgan fingerprint density at radius 3 is 2.70 bits per heavy atom. The van der Waals surface area contributed by atoms with Crippen molar-refractivity contribution in [2.45, 2.75) is 6.54 Å². The molecule has 1 amide bonds. The van der Waals surface area contributed by atoms with Crippen molar-refractivity contribution >= 4 is 17.5 Å². The van der Waals surface area contributed by atoms with Gasteiger partial charge in [-0.2, -0.15) is 0 Å². The summed E-state index contributed by atoms with van der Waals surface area (Å²) >= 11 is 5.71. The van der Waals surface area contributed by atoms with Crippen LogP contribution in [0.25, 0.3) is 0 Å². The Balaban J connectivity index is 2.15. The fourth-order valence-electron chi connectivity index (χ4n) is 1.73. The van der Waals surface area contributed by atoms with Crippen molar-refractivity contribution in [2.75, 3.05) is 7.05 Å². The average molecular weight is 297 g/mol. The molecule has 0 spiro atoms. The second-order valence-corrected chi connectivity index (χ2v) is 4.65. The minimum Gasteiger partial charge on any atom is -0.337 e. The highest BCUT2D eigenvalue weighted by molar-refractivity contribution is 6.29. The number of pyridine rings is 1. The van der Waals surface area contributed by atoms with Gasteiger partial charge in [0.2, 0.25) is 0 Å². The number of amides is 1. The lowest BCUT2D eigenvalue weighted by Crippen LogP contribution is -2.26. The molecule has 3 nitrogen and oxygen atoms in total. The van der Waals surface area contributed by atoms with E-state index in [1.807, 2.05) is 0 Å². The molecule has 0 saturated carbocycles. The van der Waals surface area contributed by atoms with Gasteiger partial charge in [0, 0.05) is 37.0 Å². The summed E-state index contributed by atoms with van der Waals surface area (Å²) in [5.41, 5.74) is 0.595. The summed E-state index contributed by atoms with van der Waals surface area (Å²) in [7, 11) is 1.53. The van der Waals surface area contributed by atoms with E-state index in [0.717, 1.165) is 12.1 Å². The van der Waals surface area contributed by atoms with E-state index < -0.39 is 11.6 Å². The molecule has 1 heterocycles. The van der Waals surface area contributed by atoms with E-state index in [0.29, 0.717) is 5.56 Å². The van der Waals surface area contributed by atoms with Gasteiger partial charge in [-0.05, 0) is 18.2 Å². The van der Waals surface area contributed by atoms with Crippen LogP contribution in [-0.2, 0) is 6.54 Å². The zero-order chi connectivity index (χ0) is 14.7. The van der Waals surface area contributed by atoms with Crippen LogP contribution in [0.5, 0.6) is 0 Å². The molecule has 0 aliphatic heterocycles. The van der Waals surface area contributed by atoms with Crippen LogP contribution < -0.4 is 0 Å². The lowest BCUT2D eigenvalue weighted by atomic mass is 10.1. The van der Waals surface area contributed by atoms with Gasteiger partial charge < -0.3 is 4.90 Å². The number of hydrogen-bond acceptors (Lipinski definition) is 2. The highest BCUT2D eigenvalue weighted by Crippen LogP contribution is 2.14. The molecule has 0 bridgehead atoms. The second kappa shape index (κ2) is 5.96. The molecule has 0 fully saturated rings. The van der Waals surface area contributed by atoms with E-state index in [2.05, 4.69) is 4.98 Å². The number of aromatic nitrogens is 1. The predicted molar refractivity (Wildman–Crippen MR) is 71.4 cm³/mol. The van der Waals surface area contributed by atoms with Crippen molar-refractivity contribution < 1.29 is 13.6 Å². The summed E-state index contributed by atoms with van der Waals surface area (Å²) in [6.45, 7) is 0.0326. The van der Waals surface area contributed by atoms with Crippen molar-refractivity contribution in [3.05, 3.63) is 64.4 Å². The number of hydrogen-bond donors (Lipinski definition) is 0. The van der Waals surface area contributed by atoms with Gasteiger partial charge in [-0.3, -0.25) is 4.79 Å². The summed E-state index contributed by atoms with van der Waals surface area (Å²) in [6.07, 6.45) is 1.42. The first-order valence-corrected chi connectivity index (χ1v) is 6.16. The lowest BCUT2D eigenvalue weighted by Gasteiger charge is -2.17. The molecule has 1 aromatic carbocycles. The third kappa shape index (κ3) is 3.30. The number of carbonyl (C=O) groups is 1. The third-order valence-electron chi connectivity index (χ3n) is 2.74. The first kappa shape index (κ1) is 14.4. The maximum absolute atomic E-state index is 13.5. The van der Waals surface area contributed by atoms with Gasteiger partial charge in [-0.1, -0.05) is 17.7 Å². The Hall–Kier alpha value is -2.01. The minimum absolute atomic E-state index is 0.0326. The second-order valence-electron chi connectivity index (χ2n) is 4.26. The van der Waals surface area contributed by atoms with Crippen LogP contribution in [0.1, 0.15) is 15.9 Å². The van der Waals surface area contributed by atoms with Gasteiger partial charge in [0.15, 0.2) is 0 Å². The SMILES string of the molecule is CN(Cc1ccc(F)cc1F)C(=O)c1ccnc(Cl)c1. The zero-order valence-corrected chi connectivity index (χ0v) is 11.4. The molecule has 0 N–H and O–H groups in total. The van der Waals surface area contributed by atoms with Crippen LogP contribution in [0.15, 0.2) is 36.5 Å². The maximum Gasteiger partial charge on any atom is 0.254 e. The smallest absolute Gasteiger partial charge is 0.254 e. The minimum atomic E-state index is -0.683. The van der Waals surface area contributed by atoms with Crippen LogP contribution in [0, 0.1) is 11.6 Å². The molecule has 0 radical (unpaired) electrons. The fraction of sp³-hybridized carbons (Fsp3) is 0.143. The van der Waals surface area contributed by atoms with Gasteiger partial charge >= 0.3 is 0 Å². The van der Waals surface area contributed by atoms with Gasteiger partial charge in [0.1, 0.15) is 16.8 Å². The van der Waals surface area contributed by atoms with Crippen molar-refractivity contribution in [2.24, 2.45) is 0 Å². The van der Waals surface area contributed by atoms with Gasteiger partial charge in [-0.25, -0.2) is 13.8 Å². The molecule has 0 atom stereocenters. The fourth-order valence-corrected chi connectivity index (χ4v) is 1.91. The van der Waals surface area contributed by atoms with Crippen LogP contribution in [0.2, 0.25) is 5.15 Å². The highest BCUT2D eigenvalue weighted by atomic mass is 35.5. The first-order chi connectivity index (χ1) is 9.47. The number of halogens is 3. The summed E-state index contributed by atoms with van der Waals surface area (Å²) < 4.78 is 26.3. The summed E-state index contributed by atoms with van der Waals surface area (Å²) in [4.78, 5) is 17.2. The molecule has 20 heavy (non-hydrogen) atoms. The molecule has 1 aromatic heterocycles. The highest BCUT2D eigenvalue weighted by Gasteiger charge is 2.14. The zero-order valence-electron chi connectivity index (χ0n) is 10.6. The number of benzene rings is 1. The quantitative estimate of drug-likeness (QED) is 0.814. The average Bonchev–Trinajstić information content (AvgIpc) is 2.41. The molecular formula is C14H11ClF2N2O. The van der Waals surface area contributed by atoms with Crippen LogP contribution in [-0.4, -0.2) is 22.8 Å². The van der Waals surface area contributed by atoms with Crippen molar-refractivity contribution in [1.82, 2.24) is 9.88 Å². The van der Waals surface area contributed by atoms with E-state index in [4.69, 9.17) is 11.6 Å². The number of carbonyl (C=O) groups excluding carboxylic acids is 1. The molecule has 2 aromatic rings. The number of rotatable bonds is 3. The molecule has 0 aliphatic rings. The van der Waals surface area contributed by atoms with E-state index in [-0.39, 0.29) is 23.2 Å². The normalized spacial score (nSPS) is 10.4. The van der Waals surface area contributed by atoms with Gasteiger partial charge in [0.05, 0.1) is 0 Å². The van der Waals surface area contributed by atoms with Gasteiger partial charge in [0.25, 0.3) is 5.91 Å². The van der Waals surface area contributed by atoms with Gasteiger partial charge in [-0.15, -0.1) is 0 Å². The maximum atomic E-state index is 13.5. The Kier molecular flexibility index (Phi) is 4.29. The monoisotopic (exact) mass is 296 g/mol. The molecule has 6 heteroatoms. The van der Waals surface area contributed by atoms with Crippen molar-refractivity contribution in [3.63, 3.8) is 0 Å². The lowest BCUT2D eigenvalue weighted by molar-refractivity contribution is 0.0783. The van der Waals surface area contributed by atoms with Crippen molar-refractivity contribution in [1.29, 1.82) is 0 Å². The van der Waals surface area contributed by atoms with E-state index in [1.54, 1.807) is 0 Å². The van der Waals surface area contributed by atoms with Crippen LogP contribution in [0.3, 0.4) is 0 Å². The van der Waals surface area contributed by atoms with Crippen molar-refractivity contribution in [3.8, 4) is 0 Å². The Labute approximate surface area is 119 Å². The Bertz CT molecular complexity index is 649. The molecule has 0 unspecified atom stereocenters. The van der Waals surface area contributed by atoms with E-state index >= 15 is 0 Å². The summed E-state index contributed by atoms with van der Waals surface area (Å²) in [5, 5.41) is 0.206. The van der Waals surface area contributed by atoms with Crippen LogP contribution >= 0.6 is 11.6 Å². The summed E-state index contributed by atoms with van der Waals surface area (Å²) in [5.74, 6) is -1.66. The predicted octanol–water partition coefficient (Wildman–Crippen LogP) is 3.29. The Morgan fingerprint density at radius 2 is 2.05 bits per heavy atom. The number of nitrogens with zero attached hydrogens (tertiary/aromatic N) is 2. The van der Waals surface area contributed by atoms with E-state index in [1.165, 1.54) is 36.3 Å². The molecular weight excluding hydrogens is 286 g/mol. The first-order valence-electron chi connectivity index (χ1n) is 5.78. The largest absolute Gasteiger partial charge is 0.337 e. The molecule has 2 rings (SSSR count). The summed E-state index contributed by atoms with van der Waals surface area (Å²) in [6, 6.07) is 6.21. The van der Waals surface area contributed by atoms with E-state index in [9.17, 15) is 13.6 Å². The molecule has 0 saturated heterocycles.